The first-order valence-electron chi connectivity index (χ1n) is 11.8. The molecule has 186 valence electrons. The lowest BCUT2D eigenvalue weighted by Crippen LogP contribution is -2.42. The van der Waals surface area contributed by atoms with E-state index in [1.54, 1.807) is 27.8 Å². The van der Waals surface area contributed by atoms with E-state index < -0.39 is 11.4 Å². The van der Waals surface area contributed by atoms with E-state index >= 15 is 0 Å². The fourth-order valence-corrected chi connectivity index (χ4v) is 4.38. The van der Waals surface area contributed by atoms with E-state index in [1.807, 2.05) is 57.5 Å². The summed E-state index contributed by atoms with van der Waals surface area (Å²) in [6.45, 7) is 10.4. The monoisotopic (exact) mass is 481 g/mol. The highest BCUT2D eigenvalue weighted by molar-refractivity contribution is 6.03. The van der Waals surface area contributed by atoms with Crippen molar-refractivity contribution >= 4 is 17.7 Å². The minimum atomic E-state index is -0.534. The van der Waals surface area contributed by atoms with Gasteiger partial charge in [-0.3, -0.25) is 4.79 Å². The maximum atomic E-state index is 14.8. The SMILES string of the molecule is Cc1cc(C)n(-c2ccc(NC(=O)c3cccn3C3CCN(C(=O)OC(C)(C)C)CC3)cc2F)n1. The number of piperidine rings is 1. The lowest BCUT2D eigenvalue weighted by Gasteiger charge is -2.34. The first-order chi connectivity index (χ1) is 16.5. The fourth-order valence-electron chi connectivity index (χ4n) is 4.38. The van der Waals surface area contributed by atoms with E-state index in [1.165, 1.54) is 6.07 Å². The molecule has 0 saturated carbocycles. The molecule has 0 spiro atoms. The molecule has 3 heterocycles. The van der Waals surface area contributed by atoms with Gasteiger partial charge in [0, 0.05) is 36.7 Å². The number of aromatic nitrogens is 3. The van der Waals surface area contributed by atoms with E-state index in [0.717, 1.165) is 11.4 Å². The third-order valence-corrected chi connectivity index (χ3v) is 5.96. The number of carbonyl (C=O) groups excluding carboxylic acids is 2. The summed E-state index contributed by atoms with van der Waals surface area (Å²) in [5, 5.41) is 7.12. The molecule has 2 amide bonds. The Bertz CT molecular complexity index is 1230. The number of benzene rings is 1. The number of hydrogen-bond donors (Lipinski definition) is 1. The summed E-state index contributed by atoms with van der Waals surface area (Å²) in [5.41, 5.74) is 2.28. The highest BCUT2D eigenvalue weighted by Crippen LogP contribution is 2.27. The second-order valence-electron chi connectivity index (χ2n) is 9.96. The number of carbonyl (C=O) groups is 2. The molecule has 35 heavy (non-hydrogen) atoms. The molecule has 0 bridgehead atoms. The predicted octanol–water partition coefficient (Wildman–Crippen LogP) is 5.25. The van der Waals surface area contributed by atoms with Gasteiger partial charge in [-0.15, -0.1) is 0 Å². The number of anilines is 1. The molecule has 3 aromatic rings. The van der Waals surface area contributed by atoms with Crippen molar-refractivity contribution in [3.05, 3.63) is 65.5 Å². The van der Waals surface area contributed by atoms with Crippen LogP contribution in [0.15, 0.2) is 42.6 Å². The molecule has 0 unspecified atom stereocenters. The molecular weight excluding hydrogens is 449 g/mol. The molecule has 2 aromatic heterocycles. The van der Waals surface area contributed by atoms with Gasteiger partial charge >= 0.3 is 6.09 Å². The zero-order valence-electron chi connectivity index (χ0n) is 20.8. The van der Waals surface area contributed by atoms with Crippen LogP contribution in [-0.2, 0) is 4.74 Å². The van der Waals surface area contributed by atoms with E-state index in [0.29, 0.717) is 43.0 Å². The summed E-state index contributed by atoms with van der Waals surface area (Å²) in [6, 6.07) is 10.1. The van der Waals surface area contributed by atoms with Crippen LogP contribution >= 0.6 is 0 Å². The van der Waals surface area contributed by atoms with Crippen LogP contribution in [0.4, 0.5) is 14.9 Å². The summed E-state index contributed by atoms with van der Waals surface area (Å²) >= 11 is 0. The number of hydrogen-bond acceptors (Lipinski definition) is 4. The van der Waals surface area contributed by atoms with Crippen LogP contribution < -0.4 is 5.32 Å². The van der Waals surface area contributed by atoms with Gasteiger partial charge in [0.15, 0.2) is 5.82 Å². The van der Waals surface area contributed by atoms with E-state index in [9.17, 15) is 14.0 Å². The second kappa shape index (κ2) is 9.56. The molecule has 1 saturated heterocycles. The van der Waals surface area contributed by atoms with E-state index in [-0.39, 0.29) is 18.0 Å². The summed E-state index contributed by atoms with van der Waals surface area (Å²) in [5.74, 6) is -0.790. The Morgan fingerprint density at radius 2 is 1.83 bits per heavy atom. The Kier molecular flexibility index (Phi) is 6.69. The van der Waals surface area contributed by atoms with Crippen LogP contribution in [-0.4, -0.2) is 49.9 Å². The molecule has 0 aliphatic carbocycles. The molecule has 1 aliphatic heterocycles. The van der Waals surface area contributed by atoms with Crippen molar-refractivity contribution in [3.63, 3.8) is 0 Å². The maximum Gasteiger partial charge on any atom is 0.410 e. The number of halogens is 1. The van der Waals surface area contributed by atoms with Crippen LogP contribution in [0.3, 0.4) is 0 Å². The van der Waals surface area contributed by atoms with Crippen molar-refractivity contribution in [3.8, 4) is 5.69 Å². The van der Waals surface area contributed by atoms with Crippen LogP contribution in [0.25, 0.3) is 5.69 Å². The van der Waals surface area contributed by atoms with E-state index in [2.05, 4.69) is 10.4 Å². The lowest BCUT2D eigenvalue weighted by molar-refractivity contribution is 0.0187. The molecule has 1 fully saturated rings. The number of nitrogens with zero attached hydrogens (tertiary/aromatic N) is 4. The summed E-state index contributed by atoms with van der Waals surface area (Å²) < 4.78 is 23.8. The van der Waals surface area contributed by atoms with Gasteiger partial charge in [-0.1, -0.05) is 0 Å². The molecule has 4 rings (SSSR count). The van der Waals surface area contributed by atoms with Gasteiger partial charge < -0.3 is 19.5 Å². The Hall–Kier alpha value is -3.62. The maximum absolute atomic E-state index is 14.8. The number of nitrogens with one attached hydrogen (secondary N) is 1. The molecular formula is C26H32FN5O3. The Morgan fingerprint density at radius 3 is 2.43 bits per heavy atom. The summed E-state index contributed by atoms with van der Waals surface area (Å²) in [4.78, 5) is 27.1. The van der Waals surface area contributed by atoms with Crippen LogP contribution in [0, 0.1) is 19.7 Å². The highest BCUT2D eigenvalue weighted by Gasteiger charge is 2.28. The first kappa shape index (κ1) is 24.5. The number of amides is 2. The minimum Gasteiger partial charge on any atom is -0.444 e. The van der Waals surface area contributed by atoms with Gasteiger partial charge in [-0.05, 0) is 83.9 Å². The van der Waals surface area contributed by atoms with Gasteiger partial charge in [-0.2, -0.15) is 5.10 Å². The minimum absolute atomic E-state index is 0.0783. The Labute approximate surface area is 204 Å². The summed E-state index contributed by atoms with van der Waals surface area (Å²) in [6.07, 6.45) is 2.97. The van der Waals surface area contributed by atoms with E-state index in [4.69, 9.17) is 4.74 Å². The third-order valence-electron chi connectivity index (χ3n) is 5.96. The second-order valence-corrected chi connectivity index (χ2v) is 9.96. The average Bonchev–Trinajstić information content (AvgIpc) is 3.39. The molecule has 1 N–H and O–H groups in total. The molecule has 0 radical (unpaired) electrons. The smallest absolute Gasteiger partial charge is 0.410 e. The van der Waals surface area contributed by atoms with Crippen molar-refractivity contribution in [1.82, 2.24) is 19.2 Å². The van der Waals surface area contributed by atoms with Gasteiger partial charge in [0.05, 0.1) is 5.69 Å². The van der Waals surface area contributed by atoms with Crippen molar-refractivity contribution < 1.29 is 18.7 Å². The Morgan fingerprint density at radius 1 is 1.11 bits per heavy atom. The standard InChI is InChI=1S/C26H32FN5O3/c1-17-15-18(2)32(29-17)22-9-8-19(16-21(22)27)28-24(33)23-7-6-12-31(23)20-10-13-30(14-11-20)25(34)35-26(3,4)5/h6-9,12,15-16,20H,10-11,13-14H2,1-5H3,(H,28,33). The molecule has 1 aliphatic rings. The number of rotatable bonds is 4. The van der Waals surface area contributed by atoms with Crippen LogP contribution in [0.2, 0.25) is 0 Å². The largest absolute Gasteiger partial charge is 0.444 e. The average molecular weight is 482 g/mol. The van der Waals surface area contributed by atoms with Crippen LogP contribution in [0.5, 0.6) is 0 Å². The first-order valence-corrected chi connectivity index (χ1v) is 11.8. The Balaban J connectivity index is 1.42. The molecule has 1 aromatic carbocycles. The summed E-state index contributed by atoms with van der Waals surface area (Å²) in [7, 11) is 0. The predicted molar refractivity (Wildman–Crippen MR) is 131 cm³/mol. The highest BCUT2D eigenvalue weighted by atomic mass is 19.1. The van der Waals surface area contributed by atoms with Gasteiger partial charge in [0.2, 0.25) is 0 Å². The van der Waals surface area contributed by atoms with Crippen molar-refractivity contribution in [2.24, 2.45) is 0 Å². The van der Waals surface area contributed by atoms with Crippen LogP contribution in [0.1, 0.15) is 61.5 Å². The molecule has 8 nitrogen and oxygen atoms in total. The zero-order valence-corrected chi connectivity index (χ0v) is 20.8. The van der Waals surface area contributed by atoms with Gasteiger partial charge in [0.1, 0.15) is 17.0 Å². The number of aryl methyl sites for hydroxylation is 2. The zero-order chi connectivity index (χ0) is 25.3. The van der Waals surface area contributed by atoms with Crippen molar-refractivity contribution in [1.29, 1.82) is 0 Å². The normalized spacial score (nSPS) is 14.7. The third kappa shape index (κ3) is 5.55. The molecule has 0 atom stereocenters. The topological polar surface area (TPSA) is 81.4 Å². The molecule has 9 heteroatoms. The van der Waals surface area contributed by atoms with Gasteiger partial charge in [0.25, 0.3) is 5.91 Å². The van der Waals surface area contributed by atoms with Crippen molar-refractivity contribution in [2.75, 3.05) is 18.4 Å². The quantitative estimate of drug-likeness (QED) is 0.552. The number of ether oxygens (including phenoxy) is 1. The number of likely N-dealkylation sites (tertiary alicyclic amines) is 1. The van der Waals surface area contributed by atoms with Gasteiger partial charge in [-0.25, -0.2) is 13.9 Å². The fraction of sp³-hybridized carbons (Fsp3) is 0.423. The van der Waals surface area contributed by atoms with Crippen molar-refractivity contribution in [2.45, 2.75) is 59.1 Å². The lowest BCUT2D eigenvalue weighted by atomic mass is 10.0.